The number of rotatable bonds is 4. The third-order valence-corrected chi connectivity index (χ3v) is 7.35. The summed E-state index contributed by atoms with van der Waals surface area (Å²) in [5, 5.41) is 7.96. The first kappa shape index (κ1) is 22.3. The maximum atomic E-state index is 14.8. The maximum Gasteiger partial charge on any atom is 0.272 e. The number of benzene rings is 2. The number of aromatic nitrogens is 4. The number of aromatic amines is 1. The lowest BCUT2D eigenvalue weighted by molar-refractivity contribution is 0.0745. The second-order valence-corrected chi connectivity index (χ2v) is 10.3. The van der Waals surface area contributed by atoms with E-state index in [4.69, 9.17) is 10.7 Å². The predicted molar refractivity (Wildman–Crippen MR) is 133 cm³/mol. The average molecular weight is 485 g/mol. The summed E-state index contributed by atoms with van der Waals surface area (Å²) in [5.41, 5.74) is 8.90. The topological polar surface area (TPSA) is 118 Å². The first-order valence-corrected chi connectivity index (χ1v) is 11.9. The van der Waals surface area contributed by atoms with Crippen molar-refractivity contribution in [2.24, 2.45) is 5.41 Å². The van der Waals surface area contributed by atoms with Gasteiger partial charge in [0.25, 0.3) is 11.5 Å². The van der Waals surface area contributed by atoms with Gasteiger partial charge in [-0.1, -0.05) is 38.1 Å². The Hall–Kier alpha value is -4.14. The zero-order chi connectivity index (χ0) is 25.2. The minimum Gasteiger partial charge on any atom is -0.383 e. The summed E-state index contributed by atoms with van der Waals surface area (Å²) in [6.07, 6.45) is 1.34. The summed E-state index contributed by atoms with van der Waals surface area (Å²) < 4.78 is 14.8. The molecule has 1 aliphatic heterocycles. The second-order valence-electron chi connectivity index (χ2n) is 10.3. The highest BCUT2D eigenvalue weighted by atomic mass is 19.1. The van der Waals surface area contributed by atoms with E-state index in [0.717, 1.165) is 28.9 Å². The van der Waals surface area contributed by atoms with Crippen LogP contribution < -0.4 is 11.3 Å². The first-order valence-electron chi connectivity index (χ1n) is 11.9. The Labute approximate surface area is 206 Å². The van der Waals surface area contributed by atoms with Gasteiger partial charge in [-0.3, -0.25) is 9.59 Å². The molecule has 6 rings (SSSR count). The fourth-order valence-corrected chi connectivity index (χ4v) is 5.02. The van der Waals surface area contributed by atoms with Gasteiger partial charge in [0.2, 0.25) is 0 Å². The molecule has 1 fully saturated rings. The van der Waals surface area contributed by atoms with Crippen LogP contribution in [-0.4, -0.2) is 31.0 Å². The Morgan fingerprint density at radius 2 is 1.92 bits per heavy atom. The number of hydrogen-bond donors (Lipinski definition) is 2. The maximum absolute atomic E-state index is 14.8. The van der Waals surface area contributed by atoms with E-state index in [-0.39, 0.29) is 35.5 Å². The molecule has 1 saturated carbocycles. The standard InChI is InChI=1S/C27H25FN6O2/c1-27(2)11-19(27)24-30-22-13-34(12-18(22)23(29)31-24)26(36)17-9-14(7-8-20(17)28)10-21-15-5-3-4-6-16(15)25(35)33-32-21/h3-9,19H,10-13H2,1-2H3,(H,33,35)(H2,29,30,31). The molecule has 3 N–H and O–H groups in total. The van der Waals surface area contributed by atoms with Gasteiger partial charge in [0.15, 0.2) is 0 Å². The third kappa shape index (κ3) is 3.71. The van der Waals surface area contributed by atoms with Crippen molar-refractivity contribution in [1.82, 2.24) is 25.1 Å². The monoisotopic (exact) mass is 484 g/mol. The van der Waals surface area contributed by atoms with Gasteiger partial charge in [-0.2, -0.15) is 5.10 Å². The summed E-state index contributed by atoms with van der Waals surface area (Å²) in [6.45, 7) is 4.84. The Bertz CT molecular complexity index is 1610. The number of hydrogen-bond acceptors (Lipinski definition) is 6. The molecule has 0 bridgehead atoms. The van der Waals surface area contributed by atoms with Crippen molar-refractivity contribution >= 4 is 22.5 Å². The van der Waals surface area contributed by atoms with Crippen LogP contribution in [0.3, 0.4) is 0 Å². The summed E-state index contributed by atoms with van der Waals surface area (Å²) in [6, 6.07) is 11.6. The number of nitrogens with one attached hydrogen (secondary N) is 1. The van der Waals surface area contributed by atoms with Crippen molar-refractivity contribution in [2.75, 3.05) is 5.73 Å². The SMILES string of the molecule is CC1(C)CC1c1nc(N)c2c(n1)CN(C(=O)c1cc(Cc3n[nH]c(=O)c4ccccc34)ccc1F)C2. The van der Waals surface area contributed by atoms with Crippen LogP contribution >= 0.6 is 0 Å². The molecule has 3 heterocycles. The van der Waals surface area contributed by atoms with Gasteiger partial charge in [-0.05, 0) is 35.6 Å². The number of amides is 1. The summed E-state index contributed by atoms with van der Waals surface area (Å²) >= 11 is 0. The number of halogens is 1. The van der Waals surface area contributed by atoms with Gasteiger partial charge in [0, 0.05) is 23.3 Å². The zero-order valence-electron chi connectivity index (χ0n) is 20.0. The molecule has 9 heteroatoms. The molecular formula is C27H25FN6O2. The third-order valence-electron chi connectivity index (χ3n) is 7.35. The fraction of sp³-hybridized carbons (Fsp3) is 0.296. The number of anilines is 1. The number of H-pyrrole nitrogens is 1. The Morgan fingerprint density at radius 3 is 2.67 bits per heavy atom. The van der Waals surface area contributed by atoms with E-state index in [1.54, 1.807) is 29.2 Å². The number of nitrogen functional groups attached to an aromatic ring is 1. The van der Waals surface area contributed by atoms with Crippen molar-refractivity contribution in [3.05, 3.63) is 92.5 Å². The number of nitrogens with zero attached hydrogens (tertiary/aromatic N) is 4. The van der Waals surface area contributed by atoms with Gasteiger partial charge < -0.3 is 10.6 Å². The van der Waals surface area contributed by atoms with Crippen molar-refractivity contribution in [2.45, 2.75) is 45.7 Å². The van der Waals surface area contributed by atoms with Crippen LogP contribution in [0.15, 0.2) is 47.3 Å². The van der Waals surface area contributed by atoms with Crippen molar-refractivity contribution in [3.8, 4) is 0 Å². The summed E-state index contributed by atoms with van der Waals surface area (Å²) in [4.78, 5) is 36.2. The van der Waals surface area contributed by atoms with Gasteiger partial charge in [0.1, 0.15) is 17.5 Å². The van der Waals surface area contributed by atoms with E-state index in [0.29, 0.717) is 28.9 Å². The molecule has 36 heavy (non-hydrogen) atoms. The minimum absolute atomic E-state index is 0.0240. The molecule has 0 radical (unpaired) electrons. The van der Waals surface area contributed by atoms with Crippen LogP contribution in [0.5, 0.6) is 0 Å². The van der Waals surface area contributed by atoms with Crippen molar-refractivity contribution in [1.29, 1.82) is 0 Å². The molecule has 1 unspecified atom stereocenters. The van der Waals surface area contributed by atoms with Gasteiger partial charge in [0.05, 0.1) is 35.4 Å². The molecule has 0 spiro atoms. The molecule has 1 atom stereocenters. The zero-order valence-corrected chi connectivity index (χ0v) is 20.0. The highest BCUT2D eigenvalue weighted by molar-refractivity contribution is 5.95. The van der Waals surface area contributed by atoms with Gasteiger partial charge >= 0.3 is 0 Å². The van der Waals surface area contributed by atoms with Gasteiger partial charge in [-0.25, -0.2) is 19.5 Å². The molecule has 0 saturated heterocycles. The fourth-order valence-electron chi connectivity index (χ4n) is 5.02. The number of carbonyl (C=O) groups excluding carboxylic acids is 1. The Kier molecular flexibility index (Phi) is 4.93. The molecule has 1 aliphatic carbocycles. The van der Waals surface area contributed by atoms with E-state index in [2.05, 4.69) is 29.0 Å². The molecule has 2 aliphatic rings. The van der Waals surface area contributed by atoms with Crippen LogP contribution in [0.2, 0.25) is 0 Å². The van der Waals surface area contributed by atoms with E-state index in [1.165, 1.54) is 6.07 Å². The smallest absolute Gasteiger partial charge is 0.272 e. The average Bonchev–Trinajstić information content (AvgIpc) is 3.29. The molecule has 2 aromatic heterocycles. The largest absolute Gasteiger partial charge is 0.383 e. The Balaban J connectivity index is 1.27. The molecule has 8 nitrogen and oxygen atoms in total. The molecular weight excluding hydrogens is 459 g/mol. The lowest BCUT2D eigenvalue weighted by atomic mass is 10.0. The number of fused-ring (bicyclic) bond motifs is 2. The Morgan fingerprint density at radius 1 is 1.17 bits per heavy atom. The summed E-state index contributed by atoms with van der Waals surface area (Å²) in [5.74, 6) is 0.344. The summed E-state index contributed by atoms with van der Waals surface area (Å²) in [7, 11) is 0. The van der Waals surface area contributed by atoms with Crippen LogP contribution in [0.4, 0.5) is 10.2 Å². The quantitative estimate of drug-likeness (QED) is 0.456. The van der Waals surface area contributed by atoms with Crippen molar-refractivity contribution < 1.29 is 9.18 Å². The molecule has 182 valence electrons. The predicted octanol–water partition coefficient (Wildman–Crippen LogP) is 3.69. The van der Waals surface area contributed by atoms with Gasteiger partial charge in [-0.15, -0.1) is 0 Å². The van der Waals surface area contributed by atoms with E-state index in [9.17, 15) is 14.0 Å². The van der Waals surface area contributed by atoms with Crippen LogP contribution in [0.25, 0.3) is 10.8 Å². The van der Waals surface area contributed by atoms with Crippen LogP contribution in [0.1, 0.15) is 64.9 Å². The number of nitrogens with two attached hydrogens (primary N) is 1. The highest BCUT2D eigenvalue weighted by Gasteiger charge is 2.49. The highest BCUT2D eigenvalue weighted by Crippen LogP contribution is 2.57. The molecule has 2 aromatic carbocycles. The number of carbonyl (C=O) groups is 1. The first-order chi connectivity index (χ1) is 17.2. The second kappa shape index (κ2) is 7.94. The molecule has 4 aromatic rings. The van der Waals surface area contributed by atoms with E-state index < -0.39 is 11.7 Å². The van der Waals surface area contributed by atoms with E-state index >= 15 is 0 Å². The van der Waals surface area contributed by atoms with Crippen LogP contribution in [-0.2, 0) is 19.5 Å². The lowest BCUT2D eigenvalue weighted by Gasteiger charge is -2.16. The van der Waals surface area contributed by atoms with Crippen molar-refractivity contribution in [3.63, 3.8) is 0 Å². The molecule has 1 amide bonds. The minimum atomic E-state index is -0.599. The lowest BCUT2D eigenvalue weighted by Crippen LogP contribution is -2.26. The van der Waals surface area contributed by atoms with E-state index in [1.807, 2.05) is 12.1 Å². The normalized spacial score (nSPS) is 17.9. The van der Waals surface area contributed by atoms with Crippen LogP contribution in [0, 0.1) is 11.2 Å².